The lowest BCUT2D eigenvalue weighted by Crippen LogP contribution is -2.33. The van der Waals surface area contributed by atoms with Crippen LogP contribution in [0.4, 0.5) is 0 Å². The summed E-state index contributed by atoms with van der Waals surface area (Å²) in [6.45, 7) is 2.74. The first-order chi connectivity index (χ1) is 11.6. The van der Waals surface area contributed by atoms with Crippen molar-refractivity contribution in [2.24, 2.45) is 0 Å². The van der Waals surface area contributed by atoms with Crippen molar-refractivity contribution < 1.29 is 29.2 Å². The fourth-order valence-corrected chi connectivity index (χ4v) is 3.32. The first-order valence-corrected chi connectivity index (χ1v) is 9.49. The predicted molar refractivity (Wildman–Crippen MR) is 88.4 cm³/mol. The van der Waals surface area contributed by atoms with Gasteiger partial charge >= 0.3 is 5.97 Å². The monoisotopic (exact) mass is 344 g/mol. The van der Waals surface area contributed by atoms with Crippen LogP contribution in [-0.4, -0.2) is 53.5 Å². The van der Waals surface area contributed by atoms with Gasteiger partial charge in [-0.05, 0) is 6.42 Å². The van der Waals surface area contributed by atoms with Gasteiger partial charge in [0.1, 0.15) is 12.2 Å². The molecule has 0 spiro atoms. The molecular weight excluding hydrogens is 312 g/mol. The third kappa shape index (κ3) is 5.41. The SMILES string of the molecule is CCCCCCCCCCCCO[C@@H]1O[C@H]2[C@H](OC(=O)[C@H]2O)[C@H]1O. The molecule has 0 aliphatic carbocycles. The minimum absolute atomic E-state index is 0.502. The van der Waals surface area contributed by atoms with Crippen molar-refractivity contribution in [3.8, 4) is 0 Å². The molecule has 0 aromatic heterocycles. The van der Waals surface area contributed by atoms with Gasteiger partial charge in [0.15, 0.2) is 18.5 Å². The molecule has 0 amide bonds. The number of rotatable bonds is 12. The molecule has 0 radical (unpaired) electrons. The molecule has 0 unspecified atom stereocenters. The first kappa shape index (κ1) is 19.6. The second kappa shape index (κ2) is 10.3. The van der Waals surface area contributed by atoms with Gasteiger partial charge in [0.05, 0.1) is 0 Å². The summed E-state index contributed by atoms with van der Waals surface area (Å²) in [7, 11) is 0. The number of hydrogen-bond donors (Lipinski definition) is 2. The highest BCUT2D eigenvalue weighted by atomic mass is 16.7. The second-order valence-electron chi connectivity index (χ2n) is 6.86. The number of aliphatic hydroxyl groups excluding tert-OH is 2. The normalized spacial score (nSPS) is 32.1. The summed E-state index contributed by atoms with van der Waals surface area (Å²) < 4.78 is 15.8. The fraction of sp³-hybridized carbons (Fsp3) is 0.944. The highest BCUT2D eigenvalue weighted by Gasteiger charge is 2.56. The zero-order valence-electron chi connectivity index (χ0n) is 14.7. The van der Waals surface area contributed by atoms with Crippen LogP contribution in [0.15, 0.2) is 0 Å². The van der Waals surface area contributed by atoms with Gasteiger partial charge < -0.3 is 24.4 Å². The van der Waals surface area contributed by atoms with E-state index in [1.54, 1.807) is 0 Å². The van der Waals surface area contributed by atoms with E-state index >= 15 is 0 Å². The van der Waals surface area contributed by atoms with E-state index in [4.69, 9.17) is 14.2 Å². The molecule has 2 N–H and O–H groups in total. The molecule has 6 nitrogen and oxygen atoms in total. The Morgan fingerprint density at radius 2 is 1.50 bits per heavy atom. The lowest BCUT2D eigenvalue weighted by molar-refractivity contribution is -0.187. The maximum absolute atomic E-state index is 11.2. The number of hydrogen-bond acceptors (Lipinski definition) is 6. The zero-order valence-corrected chi connectivity index (χ0v) is 14.7. The van der Waals surface area contributed by atoms with Crippen LogP contribution in [0.3, 0.4) is 0 Å². The van der Waals surface area contributed by atoms with Gasteiger partial charge in [-0.3, -0.25) is 0 Å². The van der Waals surface area contributed by atoms with Crippen LogP contribution in [0.2, 0.25) is 0 Å². The van der Waals surface area contributed by atoms with Crippen LogP contribution >= 0.6 is 0 Å². The van der Waals surface area contributed by atoms with Crippen LogP contribution in [0.5, 0.6) is 0 Å². The second-order valence-corrected chi connectivity index (χ2v) is 6.86. The van der Waals surface area contributed by atoms with E-state index in [0.29, 0.717) is 6.61 Å². The van der Waals surface area contributed by atoms with Crippen LogP contribution in [0.1, 0.15) is 71.1 Å². The number of carbonyl (C=O) groups excluding carboxylic acids is 1. The molecule has 2 rings (SSSR count). The molecule has 24 heavy (non-hydrogen) atoms. The Bertz CT molecular complexity index is 375. The minimum Gasteiger partial charge on any atom is -0.454 e. The molecule has 2 aliphatic rings. The van der Waals surface area contributed by atoms with Gasteiger partial charge in [-0.1, -0.05) is 64.7 Å². The topological polar surface area (TPSA) is 85.2 Å². The largest absolute Gasteiger partial charge is 0.454 e. The van der Waals surface area contributed by atoms with Gasteiger partial charge in [-0.15, -0.1) is 0 Å². The summed E-state index contributed by atoms with van der Waals surface area (Å²) in [6, 6.07) is 0. The highest BCUT2D eigenvalue weighted by Crippen LogP contribution is 2.32. The van der Waals surface area contributed by atoms with Crippen molar-refractivity contribution in [1.29, 1.82) is 0 Å². The van der Waals surface area contributed by atoms with Gasteiger partial charge in [0, 0.05) is 6.61 Å². The Hall–Kier alpha value is -0.690. The van der Waals surface area contributed by atoms with Crippen molar-refractivity contribution in [2.75, 3.05) is 6.61 Å². The number of ether oxygens (including phenoxy) is 3. The molecule has 0 bridgehead atoms. The Morgan fingerprint density at radius 3 is 2.08 bits per heavy atom. The van der Waals surface area contributed by atoms with Crippen molar-refractivity contribution in [3.63, 3.8) is 0 Å². The van der Waals surface area contributed by atoms with Crippen molar-refractivity contribution >= 4 is 5.97 Å². The standard InChI is InChI=1S/C18H32O6/c1-2-3-4-5-6-7-8-9-10-11-12-22-18-14(20)16-15(24-18)13(19)17(21)23-16/h13-16,18-20H,2-12H2,1H3/t13-,14+,15+,16+,18+/m0/s1. The quantitative estimate of drug-likeness (QED) is 0.417. The Labute approximate surface area is 144 Å². The average molecular weight is 344 g/mol. The van der Waals surface area contributed by atoms with Crippen LogP contribution < -0.4 is 0 Å². The molecule has 140 valence electrons. The summed E-state index contributed by atoms with van der Waals surface area (Å²) in [5.74, 6) is -0.739. The Morgan fingerprint density at radius 1 is 0.917 bits per heavy atom. The van der Waals surface area contributed by atoms with E-state index < -0.39 is 36.7 Å². The van der Waals surface area contributed by atoms with Gasteiger partial charge in [-0.2, -0.15) is 0 Å². The van der Waals surface area contributed by atoms with E-state index in [1.807, 2.05) is 0 Å². The highest BCUT2D eigenvalue weighted by molar-refractivity contribution is 5.78. The minimum atomic E-state index is -1.32. The molecule has 5 atom stereocenters. The van der Waals surface area contributed by atoms with Crippen molar-refractivity contribution in [1.82, 2.24) is 0 Å². The van der Waals surface area contributed by atoms with Crippen LogP contribution in [-0.2, 0) is 19.0 Å². The smallest absolute Gasteiger partial charge is 0.338 e. The Kier molecular flexibility index (Phi) is 8.45. The summed E-state index contributed by atoms with van der Waals surface area (Å²) >= 11 is 0. The van der Waals surface area contributed by atoms with Crippen molar-refractivity contribution in [2.45, 2.75) is 102 Å². The van der Waals surface area contributed by atoms with Gasteiger partial charge in [0.2, 0.25) is 0 Å². The molecule has 2 heterocycles. The lowest BCUT2D eigenvalue weighted by Gasteiger charge is -2.17. The van der Waals surface area contributed by atoms with E-state index in [9.17, 15) is 15.0 Å². The van der Waals surface area contributed by atoms with Crippen LogP contribution in [0.25, 0.3) is 0 Å². The molecular formula is C18H32O6. The summed E-state index contributed by atoms with van der Waals surface area (Å²) in [5.41, 5.74) is 0. The number of fused-ring (bicyclic) bond motifs is 1. The average Bonchev–Trinajstić information content (AvgIpc) is 3.03. The predicted octanol–water partition coefficient (Wildman–Crippen LogP) is 2.30. The summed E-state index contributed by atoms with van der Waals surface area (Å²) in [5, 5.41) is 19.6. The number of unbranched alkanes of at least 4 members (excludes halogenated alkanes) is 9. The van der Waals surface area contributed by atoms with E-state index in [1.165, 1.54) is 51.4 Å². The molecule has 0 aromatic carbocycles. The molecule has 0 aromatic rings. The summed E-state index contributed by atoms with van der Waals surface area (Å²) in [6.07, 6.45) is 7.69. The van der Waals surface area contributed by atoms with E-state index in [-0.39, 0.29) is 0 Å². The lowest BCUT2D eigenvalue weighted by atomic mass is 10.1. The third-order valence-corrected chi connectivity index (χ3v) is 4.82. The van der Waals surface area contributed by atoms with E-state index in [0.717, 1.165) is 12.8 Å². The Balaban J connectivity index is 1.45. The molecule has 0 saturated carbocycles. The molecule has 2 saturated heterocycles. The number of aliphatic hydroxyl groups is 2. The first-order valence-electron chi connectivity index (χ1n) is 9.49. The van der Waals surface area contributed by atoms with E-state index in [2.05, 4.69) is 6.92 Å². The molecule has 2 aliphatic heterocycles. The maximum Gasteiger partial charge on any atom is 0.338 e. The zero-order chi connectivity index (χ0) is 17.4. The number of carbonyl (C=O) groups is 1. The molecule has 6 heteroatoms. The third-order valence-electron chi connectivity index (χ3n) is 4.82. The van der Waals surface area contributed by atoms with Crippen molar-refractivity contribution in [3.05, 3.63) is 0 Å². The van der Waals surface area contributed by atoms with Gasteiger partial charge in [0.25, 0.3) is 0 Å². The molecule has 2 fully saturated rings. The number of esters is 1. The van der Waals surface area contributed by atoms with Gasteiger partial charge in [-0.25, -0.2) is 4.79 Å². The fourth-order valence-electron chi connectivity index (χ4n) is 3.32. The maximum atomic E-state index is 11.2. The summed E-state index contributed by atoms with van der Waals surface area (Å²) in [4.78, 5) is 11.2. The van der Waals surface area contributed by atoms with Crippen LogP contribution in [0, 0.1) is 0 Å².